The van der Waals surface area contributed by atoms with E-state index in [1.165, 1.54) is 21.5 Å². The normalized spacial score (nSPS) is 11.7. The van der Waals surface area contributed by atoms with Gasteiger partial charge < -0.3 is 4.42 Å². The Hall–Kier alpha value is -6.65. The van der Waals surface area contributed by atoms with Crippen LogP contribution >= 0.6 is 0 Å². The molecule has 0 radical (unpaired) electrons. The van der Waals surface area contributed by atoms with Gasteiger partial charge in [-0.25, -0.2) is 15.0 Å². The molecule has 4 heteroatoms. The van der Waals surface area contributed by atoms with Crippen molar-refractivity contribution in [3.63, 3.8) is 0 Å². The van der Waals surface area contributed by atoms with E-state index in [9.17, 15) is 0 Å². The number of benzene rings is 8. The number of nitrogens with zero attached hydrogens (tertiary/aromatic N) is 3. The molecule has 0 bridgehead atoms. The fourth-order valence-corrected chi connectivity index (χ4v) is 7.11. The lowest BCUT2D eigenvalue weighted by molar-refractivity contribution is 0.670. The van der Waals surface area contributed by atoms with E-state index in [-0.39, 0.29) is 0 Å². The van der Waals surface area contributed by atoms with Crippen molar-refractivity contribution >= 4 is 54.3 Å². The van der Waals surface area contributed by atoms with Crippen molar-refractivity contribution in [2.45, 2.75) is 0 Å². The quantitative estimate of drug-likeness (QED) is 0.183. The molecule has 0 saturated carbocycles. The van der Waals surface area contributed by atoms with E-state index in [2.05, 4.69) is 146 Å². The first kappa shape index (κ1) is 27.5. The van der Waals surface area contributed by atoms with E-state index < -0.39 is 0 Å². The summed E-state index contributed by atoms with van der Waals surface area (Å²) >= 11 is 0. The molecular weight excluding hydrogens is 599 g/mol. The largest absolute Gasteiger partial charge is 0.455 e. The number of hydrogen-bond acceptors (Lipinski definition) is 4. The van der Waals surface area contributed by atoms with Crippen LogP contribution in [0, 0.1) is 0 Å². The topological polar surface area (TPSA) is 51.8 Å². The highest BCUT2D eigenvalue weighted by molar-refractivity contribution is 6.15. The molecule has 10 rings (SSSR count). The summed E-state index contributed by atoms with van der Waals surface area (Å²) < 4.78 is 6.59. The van der Waals surface area contributed by atoms with E-state index in [4.69, 9.17) is 19.4 Å². The first-order valence-corrected chi connectivity index (χ1v) is 16.4. The van der Waals surface area contributed by atoms with E-state index >= 15 is 0 Å². The fourth-order valence-electron chi connectivity index (χ4n) is 7.11. The lowest BCUT2D eigenvalue weighted by Crippen LogP contribution is -2.00. The summed E-state index contributed by atoms with van der Waals surface area (Å²) in [4.78, 5) is 15.5. The van der Waals surface area contributed by atoms with Crippen LogP contribution in [0.15, 0.2) is 168 Å². The number of fused-ring (bicyclic) bond motifs is 7. The van der Waals surface area contributed by atoms with Gasteiger partial charge >= 0.3 is 0 Å². The van der Waals surface area contributed by atoms with Gasteiger partial charge in [0.2, 0.25) is 0 Å². The highest BCUT2D eigenvalue weighted by atomic mass is 16.3. The maximum Gasteiger partial charge on any atom is 0.164 e. The van der Waals surface area contributed by atoms with Gasteiger partial charge in [0.15, 0.2) is 17.5 Å². The Morgan fingerprint density at radius 2 is 0.939 bits per heavy atom. The van der Waals surface area contributed by atoms with Gasteiger partial charge in [-0.15, -0.1) is 0 Å². The van der Waals surface area contributed by atoms with Crippen LogP contribution in [0.25, 0.3) is 99.5 Å². The maximum atomic E-state index is 6.59. The average molecular weight is 626 g/mol. The highest BCUT2D eigenvalue weighted by Crippen LogP contribution is 2.40. The molecule has 2 heterocycles. The van der Waals surface area contributed by atoms with Gasteiger partial charge in [-0.05, 0) is 56.1 Å². The van der Waals surface area contributed by atoms with E-state index in [1.807, 2.05) is 18.2 Å². The molecule has 0 unspecified atom stereocenters. The zero-order chi connectivity index (χ0) is 32.3. The molecule has 0 saturated heterocycles. The van der Waals surface area contributed by atoms with Crippen LogP contribution in [0.3, 0.4) is 0 Å². The van der Waals surface area contributed by atoms with Crippen LogP contribution in [0.5, 0.6) is 0 Å². The van der Waals surface area contributed by atoms with Crippen molar-refractivity contribution in [1.82, 2.24) is 15.0 Å². The van der Waals surface area contributed by atoms with Crippen LogP contribution in [0.2, 0.25) is 0 Å². The Morgan fingerprint density at radius 1 is 0.347 bits per heavy atom. The van der Waals surface area contributed by atoms with Crippen molar-refractivity contribution in [2.24, 2.45) is 0 Å². The lowest BCUT2D eigenvalue weighted by Gasteiger charge is -2.11. The molecule has 0 N–H and O–H groups in total. The first-order valence-electron chi connectivity index (χ1n) is 16.4. The second kappa shape index (κ2) is 11.0. The standard InChI is InChI=1S/C45H27N3O/c1-2-11-29(12-3-1)37-16-8-17-38-41-39(18-9-19-40(41)49-42(37)38)45-47-43(33-23-20-28-10-4-5-14-31(28)26-33)46-44(48-45)34-24-25-36-32(27-34)22-21-30-13-6-7-15-35(30)36/h1-27H. The van der Waals surface area contributed by atoms with Crippen molar-refractivity contribution in [3.05, 3.63) is 164 Å². The Bertz CT molecular complexity index is 2890. The van der Waals surface area contributed by atoms with E-state index in [0.717, 1.165) is 60.5 Å². The smallest absolute Gasteiger partial charge is 0.164 e. The summed E-state index contributed by atoms with van der Waals surface area (Å²) in [6.45, 7) is 0. The minimum absolute atomic E-state index is 0.602. The number of furan rings is 1. The van der Waals surface area contributed by atoms with E-state index in [1.54, 1.807) is 0 Å². The fraction of sp³-hybridized carbons (Fsp3) is 0. The summed E-state index contributed by atoms with van der Waals surface area (Å²) in [5, 5.41) is 9.12. The molecular formula is C45H27N3O. The lowest BCUT2D eigenvalue weighted by atomic mass is 9.99. The predicted octanol–water partition coefficient (Wildman–Crippen LogP) is 11.9. The zero-order valence-electron chi connectivity index (χ0n) is 26.3. The van der Waals surface area contributed by atoms with Crippen molar-refractivity contribution < 1.29 is 4.42 Å². The third-order valence-corrected chi connectivity index (χ3v) is 9.49. The molecule has 0 amide bonds. The van der Waals surface area contributed by atoms with Gasteiger partial charge in [0, 0.05) is 33.0 Å². The zero-order valence-corrected chi connectivity index (χ0v) is 26.3. The molecule has 2 aromatic heterocycles. The average Bonchev–Trinajstić information content (AvgIpc) is 3.57. The van der Waals surface area contributed by atoms with Gasteiger partial charge in [-0.3, -0.25) is 0 Å². The van der Waals surface area contributed by atoms with E-state index in [0.29, 0.717) is 17.5 Å². The van der Waals surface area contributed by atoms with Crippen LogP contribution in [0.1, 0.15) is 0 Å². The maximum absolute atomic E-state index is 6.59. The molecule has 228 valence electrons. The summed E-state index contributed by atoms with van der Waals surface area (Å²) in [7, 11) is 0. The second-order valence-corrected chi connectivity index (χ2v) is 12.4. The number of aromatic nitrogens is 3. The Kier molecular flexibility index (Phi) is 6.15. The predicted molar refractivity (Wildman–Crippen MR) is 201 cm³/mol. The van der Waals surface area contributed by atoms with Crippen LogP contribution in [-0.4, -0.2) is 15.0 Å². The summed E-state index contributed by atoms with van der Waals surface area (Å²) in [5.41, 5.74) is 6.58. The summed E-state index contributed by atoms with van der Waals surface area (Å²) in [6.07, 6.45) is 0. The third-order valence-electron chi connectivity index (χ3n) is 9.49. The number of hydrogen-bond donors (Lipinski definition) is 0. The van der Waals surface area contributed by atoms with Gasteiger partial charge in [-0.2, -0.15) is 0 Å². The monoisotopic (exact) mass is 625 g/mol. The van der Waals surface area contributed by atoms with Gasteiger partial charge in [-0.1, -0.05) is 146 Å². The Morgan fingerprint density at radius 3 is 1.80 bits per heavy atom. The Balaban J connectivity index is 1.21. The summed E-state index contributed by atoms with van der Waals surface area (Å²) in [5.74, 6) is 1.85. The van der Waals surface area contributed by atoms with Gasteiger partial charge in [0.25, 0.3) is 0 Å². The van der Waals surface area contributed by atoms with Crippen molar-refractivity contribution in [1.29, 1.82) is 0 Å². The number of para-hydroxylation sites is 1. The van der Waals surface area contributed by atoms with Crippen molar-refractivity contribution in [3.8, 4) is 45.3 Å². The van der Waals surface area contributed by atoms with Crippen LogP contribution in [-0.2, 0) is 0 Å². The summed E-state index contributed by atoms with van der Waals surface area (Å²) in [6, 6.07) is 56.9. The van der Waals surface area contributed by atoms with Crippen molar-refractivity contribution in [2.75, 3.05) is 0 Å². The molecule has 0 atom stereocenters. The van der Waals surface area contributed by atoms with Gasteiger partial charge in [0.1, 0.15) is 11.2 Å². The SMILES string of the molecule is c1ccc(-c2cccc3c2oc2cccc(-c4nc(-c5ccc6ccccc6c5)nc(-c5ccc6c(ccc7ccccc76)c5)n4)c23)cc1. The third kappa shape index (κ3) is 4.57. The molecule has 0 aliphatic carbocycles. The Labute approximate surface area is 282 Å². The van der Waals surface area contributed by atoms with Gasteiger partial charge in [0.05, 0.1) is 0 Å². The second-order valence-electron chi connectivity index (χ2n) is 12.4. The first-order chi connectivity index (χ1) is 24.3. The molecule has 8 aromatic carbocycles. The number of rotatable bonds is 4. The molecule has 0 aliphatic rings. The minimum atomic E-state index is 0.602. The molecule has 0 fully saturated rings. The molecule has 0 aliphatic heterocycles. The van der Waals surface area contributed by atoms with Crippen LogP contribution < -0.4 is 0 Å². The van der Waals surface area contributed by atoms with Crippen LogP contribution in [0.4, 0.5) is 0 Å². The molecule has 10 aromatic rings. The molecule has 49 heavy (non-hydrogen) atoms. The highest BCUT2D eigenvalue weighted by Gasteiger charge is 2.20. The minimum Gasteiger partial charge on any atom is -0.455 e. The molecule has 0 spiro atoms. The molecule has 4 nitrogen and oxygen atoms in total.